The van der Waals surface area contributed by atoms with Gasteiger partial charge in [0, 0.05) is 23.3 Å². The van der Waals surface area contributed by atoms with Crippen molar-refractivity contribution in [2.24, 2.45) is 0 Å². The van der Waals surface area contributed by atoms with Crippen molar-refractivity contribution in [3.8, 4) is 0 Å². The van der Waals surface area contributed by atoms with E-state index in [1.165, 1.54) is 0 Å². The van der Waals surface area contributed by atoms with E-state index in [-0.39, 0.29) is 23.5 Å². The van der Waals surface area contributed by atoms with Crippen molar-refractivity contribution < 1.29 is 18.0 Å². The Hall–Kier alpha value is -2.09. The van der Waals surface area contributed by atoms with Gasteiger partial charge in [0.2, 0.25) is 0 Å². The smallest absolute Gasteiger partial charge is 0.319 e. The lowest BCUT2D eigenvalue weighted by Gasteiger charge is -2.12. The molecule has 1 aliphatic carbocycles. The van der Waals surface area contributed by atoms with Crippen molar-refractivity contribution in [3.05, 3.63) is 29.8 Å². The topological polar surface area (TPSA) is 104 Å². The van der Waals surface area contributed by atoms with Crippen molar-refractivity contribution in [1.29, 1.82) is 0 Å². The third kappa shape index (κ3) is 4.44. The average molecular weight is 337 g/mol. The second-order valence-corrected chi connectivity index (χ2v) is 8.25. The summed E-state index contributed by atoms with van der Waals surface area (Å²) in [6.45, 7) is 0. The Morgan fingerprint density at radius 2 is 1.65 bits per heavy atom. The minimum Gasteiger partial charge on any atom is -0.349 e. The number of anilines is 1. The summed E-state index contributed by atoms with van der Waals surface area (Å²) in [4.78, 5) is 23.7. The molecule has 0 radical (unpaired) electrons. The second kappa shape index (κ2) is 6.19. The lowest BCUT2D eigenvalue weighted by molar-refractivity contribution is 0.0951. The van der Waals surface area contributed by atoms with E-state index in [0.29, 0.717) is 23.7 Å². The SMILES string of the molecule is O=C(Nc1ccc(C(=O)NC2CC2)cc1)N[C@@H]1CCS(=O)(=O)C1. The van der Waals surface area contributed by atoms with Gasteiger partial charge in [0.05, 0.1) is 11.5 Å². The molecule has 1 atom stereocenters. The lowest BCUT2D eigenvalue weighted by Crippen LogP contribution is -2.38. The fraction of sp³-hybridized carbons (Fsp3) is 0.467. The summed E-state index contributed by atoms with van der Waals surface area (Å²) in [5.74, 6) is -0.0108. The van der Waals surface area contributed by atoms with Gasteiger partial charge in [-0.1, -0.05) is 0 Å². The van der Waals surface area contributed by atoms with Gasteiger partial charge in [-0.2, -0.15) is 0 Å². The minimum absolute atomic E-state index is 0.0132. The number of amides is 3. The average Bonchev–Trinajstić information content (AvgIpc) is 3.23. The predicted octanol–water partition coefficient (Wildman–Crippen LogP) is 0.887. The molecule has 23 heavy (non-hydrogen) atoms. The van der Waals surface area contributed by atoms with Gasteiger partial charge in [-0.3, -0.25) is 4.79 Å². The monoisotopic (exact) mass is 337 g/mol. The van der Waals surface area contributed by atoms with Crippen LogP contribution in [0.15, 0.2) is 24.3 Å². The molecular weight excluding hydrogens is 318 g/mol. The molecule has 7 nitrogen and oxygen atoms in total. The van der Waals surface area contributed by atoms with Crippen molar-refractivity contribution in [2.45, 2.75) is 31.3 Å². The van der Waals surface area contributed by atoms with Crippen molar-refractivity contribution in [2.75, 3.05) is 16.8 Å². The zero-order valence-electron chi connectivity index (χ0n) is 12.5. The van der Waals surface area contributed by atoms with Crippen LogP contribution < -0.4 is 16.0 Å². The molecule has 3 rings (SSSR count). The quantitative estimate of drug-likeness (QED) is 0.759. The van der Waals surface area contributed by atoms with Gasteiger partial charge in [-0.05, 0) is 43.5 Å². The first-order chi connectivity index (χ1) is 10.9. The first kappa shape index (κ1) is 15.8. The summed E-state index contributed by atoms with van der Waals surface area (Å²) < 4.78 is 22.7. The van der Waals surface area contributed by atoms with Gasteiger partial charge >= 0.3 is 6.03 Å². The van der Waals surface area contributed by atoms with Gasteiger partial charge in [-0.15, -0.1) is 0 Å². The summed E-state index contributed by atoms with van der Waals surface area (Å²) in [7, 11) is -3.02. The maximum absolute atomic E-state index is 11.9. The highest BCUT2D eigenvalue weighted by Gasteiger charge is 2.29. The number of carbonyl (C=O) groups excluding carboxylic acids is 2. The first-order valence-electron chi connectivity index (χ1n) is 7.60. The van der Waals surface area contributed by atoms with Gasteiger partial charge in [0.15, 0.2) is 9.84 Å². The molecule has 3 amide bonds. The Morgan fingerprint density at radius 3 is 2.22 bits per heavy atom. The molecule has 8 heteroatoms. The van der Waals surface area contributed by atoms with E-state index in [9.17, 15) is 18.0 Å². The van der Waals surface area contributed by atoms with E-state index in [4.69, 9.17) is 0 Å². The Kier molecular flexibility index (Phi) is 4.25. The molecule has 1 heterocycles. The maximum Gasteiger partial charge on any atom is 0.319 e. The van der Waals surface area contributed by atoms with E-state index in [1.807, 2.05) is 0 Å². The Balaban J connectivity index is 1.51. The Morgan fingerprint density at radius 1 is 0.957 bits per heavy atom. The van der Waals surface area contributed by atoms with Crippen LogP contribution in [0.25, 0.3) is 0 Å². The zero-order chi connectivity index (χ0) is 16.4. The van der Waals surface area contributed by atoms with Crippen LogP contribution in [0.4, 0.5) is 10.5 Å². The fourth-order valence-electron chi connectivity index (χ4n) is 2.46. The lowest BCUT2D eigenvalue weighted by atomic mass is 10.2. The van der Waals surface area contributed by atoms with E-state index in [1.54, 1.807) is 24.3 Å². The van der Waals surface area contributed by atoms with Crippen LogP contribution in [0.5, 0.6) is 0 Å². The number of benzene rings is 1. The minimum atomic E-state index is -3.02. The normalized spacial score (nSPS) is 22.3. The highest BCUT2D eigenvalue weighted by atomic mass is 32.2. The summed E-state index contributed by atoms with van der Waals surface area (Å²) >= 11 is 0. The number of nitrogens with one attached hydrogen (secondary N) is 3. The summed E-state index contributed by atoms with van der Waals surface area (Å²) in [5.41, 5.74) is 1.09. The van der Waals surface area contributed by atoms with Crippen molar-refractivity contribution >= 4 is 27.5 Å². The highest BCUT2D eigenvalue weighted by Crippen LogP contribution is 2.19. The summed E-state index contributed by atoms with van der Waals surface area (Å²) in [6.07, 6.45) is 2.50. The Labute approximate surface area is 134 Å². The molecule has 0 bridgehead atoms. The summed E-state index contributed by atoms with van der Waals surface area (Å²) in [6, 6.07) is 6.10. The van der Waals surface area contributed by atoms with Crippen LogP contribution in [0.1, 0.15) is 29.6 Å². The second-order valence-electron chi connectivity index (χ2n) is 6.02. The highest BCUT2D eigenvalue weighted by molar-refractivity contribution is 7.91. The molecular formula is C15H19N3O4S. The molecule has 1 aromatic carbocycles. The molecule has 3 N–H and O–H groups in total. The number of urea groups is 1. The standard InChI is InChI=1S/C15H19N3O4S/c19-14(16-11-5-6-11)10-1-3-12(4-2-10)17-15(20)18-13-7-8-23(21,22)9-13/h1-4,11,13H,5-9H2,(H,16,19)(H2,17,18,20)/t13-/m1/s1. The van der Waals surface area contributed by atoms with E-state index < -0.39 is 15.9 Å². The zero-order valence-corrected chi connectivity index (χ0v) is 13.4. The molecule has 0 aromatic heterocycles. The fourth-order valence-corrected chi connectivity index (χ4v) is 4.14. The van der Waals surface area contributed by atoms with Crippen molar-refractivity contribution in [1.82, 2.24) is 10.6 Å². The van der Waals surface area contributed by atoms with Gasteiger partial charge in [-0.25, -0.2) is 13.2 Å². The first-order valence-corrected chi connectivity index (χ1v) is 9.42. The molecule has 1 aliphatic heterocycles. The number of rotatable bonds is 4. The summed E-state index contributed by atoms with van der Waals surface area (Å²) in [5, 5.41) is 8.18. The molecule has 0 unspecified atom stereocenters. The van der Waals surface area contributed by atoms with E-state index >= 15 is 0 Å². The van der Waals surface area contributed by atoms with Crippen LogP contribution in [-0.2, 0) is 9.84 Å². The van der Waals surface area contributed by atoms with E-state index in [0.717, 1.165) is 12.8 Å². The molecule has 1 aromatic rings. The van der Waals surface area contributed by atoms with Crippen molar-refractivity contribution in [3.63, 3.8) is 0 Å². The molecule has 1 saturated carbocycles. The largest absolute Gasteiger partial charge is 0.349 e. The van der Waals surface area contributed by atoms with Crippen LogP contribution in [0, 0.1) is 0 Å². The van der Waals surface area contributed by atoms with Crippen LogP contribution in [0.2, 0.25) is 0 Å². The maximum atomic E-state index is 11.9. The third-order valence-electron chi connectivity index (χ3n) is 3.89. The van der Waals surface area contributed by atoms with Gasteiger partial charge < -0.3 is 16.0 Å². The number of carbonyl (C=O) groups is 2. The van der Waals surface area contributed by atoms with Crippen LogP contribution in [-0.4, -0.2) is 43.9 Å². The molecule has 2 aliphatic rings. The predicted molar refractivity (Wildman–Crippen MR) is 86.1 cm³/mol. The molecule has 2 fully saturated rings. The van der Waals surface area contributed by atoms with Gasteiger partial charge in [0.1, 0.15) is 0 Å². The third-order valence-corrected chi connectivity index (χ3v) is 5.65. The number of hydrogen-bond donors (Lipinski definition) is 3. The number of sulfone groups is 1. The number of hydrogen-bond acceptors (Lipinski definition) is 4. The van der Waals surface area contributed by atoms with Crippen LogP contribution in [0.3, 0.4) is 0 Å². The van der Waals surface area contributed by atoms with Gasteiger partial charge in [0.25, 0.3) is 5.91 Å². The van der Waals surface area contributed by atoms with E-state index in [2.05, 4.69) is 16.0 Å². The Bertz CT molecular complexity index is 711. The molecule has 1 saturated heterocycles. The van der Waals surface area contributed by atoms with Crippen LogP contribution >= 0.6 is 0 Å². The molecule has 0 spiro atoms. The molecule has 124 valence electrons.